The molecule has 0 spiro atoms. The minimum atomic E-state index is -0.0789. The van der Waals surface area contributed by atoms with Crippen LogP contribution in [0.4, 0.5) is 0 Å². The smallest absolute Gasteiger partial charge is 0.230 e. The van der Waals surface area contributed by atoms with E-state index in [1.165, 1.54) is 0 Å². The monoisotopic (exact) mass is 339 g/mol. The number of nitrogens with one attached hydrogen (secondary N) is 1. The molecular weight excluding hydrogens is 326 g/mol. The van der Waals surface area contributed by atoms with Crippen molar-refractivity contribution in [3.8, 4) is 0 Å². The van der Waals surface area contributed by atoms with Crippen molar-refractivity contribution >= 4 is 33.2 Å². The van der Waals surface area contributed by atoms with Gasteiger partial charge in [-0.2, -0.15) is 5.10 Å². The molecule has 2 aromatic rings. The number of amides is 1. The van der Waals surface area contributed by atoms with Crippen LogP contribution in [-0.4, -0.2) is 27.5 Å². The number of aromatic nitrogens is 2. The first-order valence-electron chi connectivity index (χ1n) is 6.20. The van der Waals surface area contributed by atoms with Crippen LogP contribution in [0.2, 0.25) is 0 Å². The van der Waals surface area contributed by atoms with E-state index in [1.807, 2.05) is 30.2 Å². The number of thiophene rings is 1. The van der Waals surface area contributed by atoms with Crippen LogP contribution in [-0.2, 0) is 17.8 Å². The highest BCUT2D eigenvalue weighted by atomic mass is 79.9. The van der Waals surface area contributed by atoms with Gasteiger partial charge in [0.05, 0.1) is 15.9 Å². The third-order valence-electron chi connectivity index (χ3n) is 3.50. The largest absolute Gasteiger partial charge is 0.337 e. The number of hydrogen-bond donors (Lipinski definition) is 1. The van der Waals surface area contributed by atoms with E-state index in [2.05, 4.69) is 26.1 Å². The van der Waals surface area contributed by atoms with Gasteiger partial charge in [0.25, 0.3) is 0 Å². The lowest BCUT2D eigenvalue weighted by atomic mass is 10.0. The van der Waals surface area contributed by atoms with Crippen molar-refractivity contribution in [2.45, 2.75) is 25.8 Å². The van der Waals surface area contributed by atoms with E-state index in [1.54, 1.807) is 11.3 Å². The SMILES string of the molecule is C[C@H](C(=O)N1CCc2[nH]ncc2C1)c1ccc(Br)s1. The van der Waals surface area contributed by atoms with Gasteiger partial charge in [-0.25, -0.2) is 0 Å². The van der Waals surface area contributed by atoms with Crippen molar-refractivity contribution in [1.29, 1.82) is 0 Å². The zero-order valence-electron chi connectivity index (χ0n) is 10.5. The van der Waals surface area contributed by atoms with Crippen molar-refractivity contribution < 1.29 is 4.79 Å². The second-order valence-electron chi connectivity index (χ2n) is 4.75. The molecule has 3 heterocycles. The Morgan fingerprint density at radius 2 is 2.42 bits per heavy atom. The summed E-state index contributed by atoms with van der Waals surface area (Å²) in [5.74, 6) is 0.117. The molecule has 0 saturated heterocycles. The molecule has 3 rings (SSSR count). The van der Waals surface area contributed by atoms with Gasteiger partial charge >= 0.3 is 0 Å². The van der Waals surface area contributed by atoms with Gasteiger partial charge in [0.15, 0.2) is 0 Å². The third kappa shape index (κ3) is 2.47. The van der Waals surface area contributed by atoms with E-state index in [0.29, 0.717) is 6.54 Å². The summed E-state index contributed by atoms with van der Waals surface area (Å²) in [6.07, 6.45) is 2.68. The molecule has 4 nitrogen and oxygen atoms in total. The molecule has 1 atom stereocenters. The molecule has 0 aliphatic carbocycles. The number of carbonyl (C=O) groups excluding carboxylic acids is 1. The fraction of sp³-hybridized carbons (Fsp3) is 0.385. The molecular formula is C13H14BrN3OS. The van der Waals surface area contributed by atoms with Crippen LogP contribution in [0.5, 0.6) is 0 Å². The first kappa shape index (κ1) is 12.9. The van der Waals surface area contributed by atoms with E-state index < -0.39 is 0 Å². The average Bonchev–Trinajstić information content (AvgIpc) is 3.04. The first-order valence-corrected chi connectivity index (χ1v) is 7.81. The zero-order chi connectivity index (χ0) is 13.4. The predicted octanol–water partition coefficient (Wildman–Crippen LogP) is 2.92. The summed E-state index contributed by atoms with van der Waals surface area (Å²) in [6.45, 7) is 3.41. The lowest BCUT2D eigenvalue weighted by molar-refractivity contribution is -0.133. The fourth-order valence-electron chi connectivity index (χ4n) is 2.37. The van der Waals surface area contributed by atoms with Crippen LogP contribution in [0.15, 0.2) is 22.1 Å². The second-order valence-corrected chi connectivity index (χ2v) is 7.24. The Labute approximate surface area is 123 Å². The van der Waals surface area contributed by atoms with E-state index in [0.717, 1.165) is 32.9 Å². The number of halogens is 1. The van der Waals surface area contributed by atoms with E-state index >= 15 is 0 Å². The number of H-pyrrole nitrogens is 1. The Kier molecular flexibility index (Phi) is 3.45. The lowest BCUT2D eigenvalue weighted by Gasteiger charge is -2.28. The molecule has 0 fully saturated rings. The molecule has 2 aromatic heterocycles. The van der Waals surface area contributed by atoms with Crippen LogP contribution < -0.4 is 0 Å². The van der Waals surface area contributed by atoms with Crippen LogP contribution in [0.25, 0.3) is 0 Å². The van der Waals surface area contributed by atoms with Gasteiger partial charge in [-0.1, -0.05) is 0 Å². The highest BCUT2D eigenvalue weighted by Crippen LogP contribution is 2.30. The summed E-state index contributed by atoms with van der Waals surface area (Å²) in [7, 11) is 0. The molecule has 1 aliphatic rings. The quantitative estimate of drug-likeness (QED) is 0.914. The van der Waals surface area contributed by atoms with Gasteiger partial charge in [0.1, 0.15) is 0 Å². The van der Waals surface area contributed by atoms with Gasteiger partial charge < -0.3 is 4.90 Å². The lowest BCUT2D eigenvalue weighted by Crippen LogP contribution is -2.38. The molecule has 0 bridgehead atoms. The standard InChI is InChI=1S/C13H14BrN3OS/c1-8(11-2-3-12(14)19-11)13(18)17-5-4-10-9(7-17)6-15-16-10/h2-3,6,8H,4-5,7H2,1H3,(H,15,16)/t8-/m0/s1. The van der Waals surface area contributed by atoms with Gasteiger partial charge in [0.2, 0.25) is 5.91 Å². The molecule has 0 aromatic carbocycles. The van der Waals surface area contributed by atoms with Crippen molar-refractivity contribution in [2.24, 2.45) is 0 Å². The molecule has 6 heteroatoms. The summed E-state index contributed by atoms with van der Waals surface area (Å²) in [5, 5.41) is 7.03. The predicted molar refractivity (Wildman–Crippen MR) is 78.1 cm³/mol. The molecule has 0 saturated carbocycles. The average molecular weight is 340 g/mol. The van der Waals surface area contributed by atoms with Crippen molar-refractivity contribution in [1.82, 2.24) is 15.1 Å². The van der Waals surface area contributed by atoms with Crippen molar-refractivity contribution in [2.75, 3.05) is 6.54 Å². The van der Waals surface area contributed by atoms with E-state index in [4.69, 9.17) is 0 Å². The van der Waals surface area contributed by atoms with Crippen LogP contribution in [0.1, 0.15) is 29.0 Å². The molecule has 0 unspecified atom stereocenters. The van der Waals surface area contributed by atoms with Gasteiger partial charge in [-0.15, -0.1) is 11.3 Å². The number of carbonyl (C=O) groups is 1. The Morgan fingerprint density at radius 1 is 1.58 bits per heavy atom. The Morgan fingerprint density at radius 3 is 3.16 bits per heavy atom. The summed E-state index contributed by atoms with van der Waals surface area (Å²) in [6, 6.07) is 4.01. The number of hydrogen-bond acceptors (Lipinski definition) is 3. The van der Waals surface area contributed by atoms with Gasteiger partial charge in [0, 0.05) is 35.6 Å². The highest BCUT2D eigenvalue weighted by Gasteiger charge is 2.27. The molecule has 1 N–H and O–H groups in total. The van der Waals surface area contributed by atoms with Crippen LogP contribution >= 0.6 is 27.3 Å². The third-order valence-corrected chi connectivity index (χ3v) is 5.31. The second kappa shape index (κ2) is 5.09. The van der Waals surface area contributed by atoms with E-state index in [-0.39, 0.29) is 11.8 Å². The summed E-state index contributed by atoms with van der Waals surface area (Å²) < 4.78 is 1.07. The number of aromatic amines is 1. The summed E-state index contributed by atoms with van der Waals surface area (Å²) in [5.41, 5.74) is 2.30. The van der Waals surface area contributed by atoms with E-state index in [9.17, 15) is 4.79 Å². The molecule has 1 amide bonds. The minimum Gasteiger partial charge on any atom is -0.337 e. The molecule has 19 heavy (non-hydrogen) atoms. The summed E-state index contributed by atoms with van der Waals surface area (Å²) >= 11 is 5.07. The fourth-order valence-corrected chi connectivity index (χ4v) is 3.83. The van der Waals surface area contributed by atoms with Gasteiger partial charge in [-0.3, -0.25) is 9.89 Å². The van der Waals surface area contributed by atoms with Crippen LogP contribution in [0.3, 0.4) is 0 Å². The Balaban J connectivity index is 1.75. The molecule has 1 aliphatic heterocycles. The maximum Gasteiger partial charge on any atom is 0.230 e. The topological polar surface area (TPSA) is 49.0 Å². The Hall–Kier alpha value is -1.14. The zero-order valence-corrected chi connectivity index (χ0v) is 12.9. The number of fused-ring (bicyclic) bond motifs is 1. The normalized spacial score (nSPS) is 16.2. The van der Waals surface area contributed by atoms with Crippen LogP contribution in [0, 0.1) is 0 Å². The maximum absolute atomic E-state index is 12.5. The molecule has 100 valence electrons. The highest BCUT2D eigenvalue weighted by molar-refractivity contribution is 9.11. The minimum absolute atomic E-state index is 0.0789. The van der Waals surface area contributed by atoms with Crippen molar-refractivity contribution in [3.05, 3.63) is 38.3 Å². The van der Waals surface area contributed by atoms with Gasteiger partial charge in [-0.05, 0) is 35.0 Å². The summed E-state index contributed by atoms with van der Waals surface area (Å²) in [4.78, 5) is 15.6. The van der Waals surface area contributed by atoms with Crippen molar-refractivity contribution in [3.63, 3.8) is 0 Å². The first-order chi connectivity index (χ1) is 9.15. The maximum atomic E-state index is 12.5. The number of rotatable bonds is 2. The number of nitrogens with zero attached hydrogens (tertiary/aromatic N) is 2. The molecule has 0 radical (unpaired) electrons. The Bertz CT molecular complexity index is 607.